The van der Waals surface area contributed by atoms with Crippen molar-refractivity contribution in [2.45, 2.75) is 26.8 Å². The monoisotopic (exact) mass is 222 g/mol. The summed E-state index contributed by atoms with van der Waals surface area (Å²) in [6.45, 7) is 11.2. The van der Waals surface area contributed by atoms with Crippen molar-refractivity contribution < 1.29 is 0 Å². The fourth-order valence-corrected chi connectivity index (χ4v) is 1.71. The molecule has 0 atom stereocenters. The van der Waals surface area contributed by atoms with E-state index < -0.39 is 0 Å². The van der Waals surface area contributed by atoms with E-state index in [1.807, 2.05) is 6.08 Å². The second-order valence-corrected chi connectivity index (χ2v) is 3.70. The van der Waals surface area contributed by atoms with Crippen LogP contribution in [0.5, 0.6) is 0 Å². The molecule has 0 fully saturated rings. The second kappa shape index (κ2) is 6.33. The third-order valence-corrected chi connectivity index (χ3v) is 2.56. The largest absolute Gasteiger partial charge is 0.341 e. The van der Waals surface area contributed by atoms with Crippen LogP contribution in [0.3, 0.4) is 0 Å². The fraction of sp³-hybridized carbons (Fsp3) is 0.583. The van der Waals surface area contributed by atoms with Crippen molar-refractivity contribution in [1.29, 1.82) is 0 Å². The van der Waals surface area contributed by atoms with Gasteiger partial charge in [0.15, 0.2) is 0 Å². The number of aromatic nitrogens is 2. The van der Waals surface area contributed by atoms with Gasteiger partial charge in [-0.05, 0) is 13.3 Å². The van der Waals surface area contributed by atoms with Crippen molar-refractivity contribution in [2.75, 3.05) is 24.5 Å². The van der Waals surface area contributed by atoms with Gasteiger partial charge in [0.25, 0.3) is 0 Å². The first-order valence-electron chi connectivity index (χ1n) is 5.88. The van der Waals surface area contributed by atoms with Crippen LogP contribution in [0.2, 0.25) is 0 Å². The average molecular weight is 222 g/mol. The van der Waals surface area contributed by atoms with E-state index in [2.05, 4.69) is 41.1 Å². The molecule has 1 rings (SSSR count). The minimum atomic E-state index is 0.649. The predicted molar refractivity (Wildman–Crippen MR) is 68.7 cm³/mol. The molecule has 0 radical (unpaired) electrons. The molecule has 1 aromatic heterocycles. The van der Waals surface area contributed by atoms with Crippen LogP contribution >= 0.6 is 0 Å². The lowest BCUT2D eigenvalue weighted by molar-refractivity contribution is 0.726. The predicted octanol–water partition coefficient (Wildman–Crippen LogP) is 1.42. The highest BCUT2D eigenvalue weighted by Gasteiger charge is 2.11. The van der Waals surface area contributed by atoms with Crippen LogP contribution in [0, 0.1) is 0 Å². The summed E-state index contributed by atoms with van der Waals surface area (Å²) in [6, 6.07) is 0. The number of aryl methyl sites for hydroxylation is 1. The topological polar surface area (TPSA) is 47.1 Å². The standard InChI is InChI=1S/C12H22N4/c1-4-8-16-10-11(5-2)14-12(16)15(6-3)9-7-13/h4,10H,1,5-9,13H2,2-3H3. The van der Waals surface area contributed by atoms with Crippen molar-refractivity contribution in [3.05, 3.63) is 24.5 Å². The van der Waals surface area contributed by atoms with E-state index in [0.717, 1.165) is 37.7 Å². The van der Waals surface area contributed by atoms with Crippen LogP contribution in [0.25, 0.3) is 0 Å². The van der Waals surface area contributed by atoms with E-state index in [-0.39, 0.29) is 0 Å². The Bertz CT molecular complexity index is 330. The summed E-state index contributed by atoms with van der Waals surface area (Å²) in [4.78, 5) is 6.82. The molecule has 0 aliphatic heterocycles. The summed E-state index contributed by atoms with van der Waals surface area (Å²) in [5.74, 6) is 1.00. The molecule has 4 heteroatoms. The quantitative estimate of drug-likeness (QED) is 0.710. The molecule has 0 amide bonds. The molecule has 2 N–H and O–H groups in total. The van der Waals surface area contributed by atoms with Crippen LogP contribution in [-0.2, 0) is 13.0 Å². The minimum absolute atomic E-state index is 0.649. The summed E-state index contributed by atoms with van der Waals surface area (Å²) in [5, 5.41) is 0. The molecule has 0 spiro atoms. The van der Waals surface area contributed by atoms with E-state index in [9.17, 15) is 0 Å². The van der Waals surface area contributed by atoms with Gasteiger partial charge >= 0.3 is 0 Å². The normalized spacial score (nSPS) is 10.4. The van der Waals surface area contributed by atoms with Crippen molar-refractivity contribution >= 4 is 5.95 Å². The van der Waals surface area contributed by atoms with Gasteiger partial charge in [0.05, 0.1) is 5.69 Å². The highest BCUT2D eigenvalue weighted by Crippen LogP contribution is 2.14. The summed E-state index contributed by atoms with van der Waals surface area (Å²) in [6.07, 6.45) is 4.94. The molecule has 4 nitrogen and oxygen atoms in total. The van der Waals surface area contributed by atoms with Gasteiger partial charge in [0.1, 0.15) is 0 Å². The van der Waals surface area contributed by atoms with Crippen LogP contribution in [0.1, 0.15) is 19.5 Å². The molecule has 0 saturated heterocycles. The Morgan fingerprint density at radius 2 is 2.31 bits per heavy atom. The summed E-state index contributed by atoms with van der Waals surface area (Å²) in [7, 11) is 0. The maximum atomic E-state index is 5.61. The lowest BCUT2D eigenvalue weighted by Gasteiger charge is -2.21. The average Bonchev–Trinajstić information content (AvgIpc) is 2.70. The second-order valence-electron chi connectivity index (χ2n) is 3.70. The number of nitrogens with two attached hydrogens (primary N) is 1. The first-order valence-corrected chi connectivity index (χ1v) is 5.88. The molecule has 0 aromatic carbocycles. The van der Waals surface area contributed by atoms with E-state index in [4.69, 9.17) is 5.73 Å². The lowest BCUT2D eigenvalue weighted by Crippen LogP contribution is -2.31. The Hall–Kier alpha value is -1.29. The summed E-state index contributed by atoms with van der Waals surface area (Å²) in [5.41, 5.74) is 6.72. The smallest absolute Gasteiger partial charge is 0.206 e. The first kappa shape index (κ1) is 12.8. The van der Waals surface area contributed by atoms with E-state index in [0.29, 0.717) is 6.54 Å². The SMILES string of the molecule is C=CCn1cc(CC)nc1N(CC)CCN. The fourth-order valence-electron chi connectivity index (χ4n) is 1.71. The zero-order valence-corrected chi connectivity index (χ0v) is 10.3. The Kier molecular flexibility index (Phi) is 5.05. The van der Waals surface area contributed by atoms with Gasteiger partial charge in [0, 0.05) is 32.4 Å². The molecule has 0 saturated carbocycles. The maximum absolute atomic E-state index is 5.61. The van der Waals surface area contributed by atoms with Gasteiger partial charge in [-0.1, -0.05) is 13.0 Å². The number of imidazole rings is 1. The van der Waals surface area contributed by atoms with E-state index >= 15 is 0 Å². The molecule has 90 valence electrons. The molecule has 1 aromatic rings. The van der Waals surface area contributed by atoms with Gasteiger partial charge < -0.3 is 15.2 Å². The summed E-state index contributed by atoms with van der Waals surface area (Å²) < 4.78 is 2.13. The Morgan fingerprint density at radius 3 is 2.81 bits per heavy atom. The molecular weight excluding hydrogens is 200 g/mol. The van der Waals surface area contributed by atoms with E-state index in [1.54, 1.807) is 0 Å². The number of allylic oxidation sites excluding steroid dienone is 1. The first-order chi connectivity index (χ1) is 7.76. The van der Waals surface area contributed by atoms with Crippen LogP contribution in [-0.4, -0.2) is 29.2 Å². The third-order valence-electron chi connectivity index (χ3n) is 2.56. The van der Waals surface area contributed by atoms with Crippen molar-refractivity contribution in [3.8, 4) is 0 Å². The zero-order valence-electron chi connectivity index (χ0n) is 10.3. The molecule has 0 unspecified atom stereocenters. The molecular formula is C12H22N4. The van der Waals surface area contributed by atoms with Crippen LogP contribution < -0.4 is 10.6 Å². The Labute approximate surface area is 97.8 Å². The molecule has 16 heavy (non-hydrogen) atoms. The zero-order chi connectivity index (χ0) is 12.0. The Morgan fingerprint density at radius 1 is 1.56 bits per heavy atom. The van der Waals surface area contributed by atoms with E-state index in [1.165, 1.54) is 0 Å². The van der Waals surface area contributed by atoms with Crippen molar-refractivity contribution in [1.82, 2.24) is 9.55 Å². The maximum Gasteiger partial charge on any atom is 0.206 e. The number of likely N-dealkylation sites (N-methyl/N-ethyl adjacent to an activating group) is 1. The number of hydrogen-bond acceptors (Lipinski definition) is 3. The molecule has 0 bridgehead atoms. The highest BCUT2D eigenvalue weighted by atomic mass is 15.3. The molecule has 1 heterocycles. The number of hydrogen-bond donors (Lipinski definition) is 1. The van der Waals surface area contributed by atoms with Crippen LogP contribution in [0.15, 0.2) is 18.9 Å². The lowest BCUT2D eigenvalue weighted by atomic mass is 10.4. The number of anilines is 1. The van der Waals surface area contributed by atoms with Crippen LogP contribution in [0.4, 0.5) is 5.95 Å². The van der Waals surface area contributed by atoms with Gasteiger partial charge in [-0.2, -0.15) is 0 Å². The van der Waals surface area contributed by atoms with Gasteiger partial charge in [-0.25, -0.2) is 4.98 Å². The van der Waals surface area contributed by atoms with Gasteiger partial charge in [0.2, 0.25) is 5.95 Å². The summed E-state index contributed by atoms with van der Waals surface area (Å²) >= 11 is 0. The van der Waals surface area contributed by atoms with Gasteiger partial charge in [-0.3, -0.25) is 0 Å². The Balaban J connectivity index is 2.97. The molecule has 0 aliphatic carbocycles. The minimum Gasteiger partial charge on any atom is -0.341 e. The molecule has 0 aliphatic rings. The number of nitrogens with zero attached hydrogens (tertiary/aromatic N) is 3. The van der Waals surface area contributed by atoms with Gasteiger partial charge in [-0.15, -0.1) is 6.58 Å². The third kappa shape index (κ3) is 2.85. The number of rotatable bonds is 7. The highest BCUT2D eigenvalue weighted by molar-refractivity contribution is 5.33. The van der Waals surface area contributed by atoms with Crippen molar-refractivity contribution in [2.24, 2.45) is 5.73 Å². The van der Waals surface area contributed by atoms with Crippen molar-refractivity contribution in [3.63, 3.8) is 0 Å².